The third kappa shape index (κ3) is 3.46. The number of benzene rings is 1. The SMILES string of the molecule is CCc1cc(OC(CN)c2cccnc2)ccc1Cl. The number of pyridine rings is 1. The van der Waals surface area contributed by atoms with E-state index in [0.29, 0.717) is 6.54 Å². The van der Waals surface area contributed by atoms with Crippen molar-refractivity contribution in [3.8, 4) is 5.75 Å². The average Bonchev–Trinajstić information content (AvgIpc) is 2.47. The van der Waals surface area contributed by atoms with E-state index >= 15 is 0 Å². The molecule has 19 heavy (non-hydrogen) atoms. The van der Waals surface area contributed by atoms with Crippen LogP contribution in [0.2, 0.25) is 5.02 Å². The van der Waals surface area contributed by atoms with Crippen LogP contribution in [0.5, 0.6) is 5.75 Å². The van der Waals surface area contributed by atoms with Crippen LogP contribution in [0.3, 0.4) is 0 Å². The van der Waals surface area contributed by atoms with E-state index in [4.69, 9.17) is 22.1 Å². The summed E-state index contributed by atoms with van der Waals surface area (Å²) in [7, 11) is 0. The highest BCUT2D eigenvalue weighted by atomic mass is 35.5. The Morgan fingerprint density at radius 2 is 2.21 bits per heavy atom. The maximum absolute atomic E-state index is 6.09. The van der Waals surface area contributed by atoms with Gasteiger partial charge in [-0.1, -0.05) is 24.6 Å². The highest BCUT2D eigenvalue weighted by molar-refractivity contribution is 6.31. The van der Waals surface area contributed by atoms with E-state index in [1.807, 2.05) is 30.3 Å². The van der Waals surface area contributed by atoms with Crippen LogP contribution in [0.4, 0.5) is 0 Å². The number of nitrogens with zero attached hydrogens (tertiary/aromatic N) is 1. The number of rotatable bonds is 5. The number of ether oxygens (including phenoxy) is 1. The summed E-state index contributed by atoms with van der Waals surface area (Å²) < 4.78 is 5.92. The zero-order valence-corrected chi connectivity index (χ0v) is 11.6. The number of hydrogen-bond acceptors (Lipinski definition) is 3. The Labute approximate surface area is 118 Å². The van der Waals surface area contributed by atoms with Crippen molar-refractivity contribution in [3.63, 3.8) is 0 Å². The van der Waals surface area contributed by atoms with Gasteiger partial charge in [-0.2, -0.15) is 0 Å². The zero-order chi connectivity index (χ0) is 13.7. The molecule has 2 N–H and O–H groups in total. The van der Waals surface area contributed by atoms with Crippen LogP contribution in [-0.2, 0) is 6.42 Å². The van der Waals surface area contributed by atoms with Gasteiger partial charge in [0.25, 0.3) is 0 Å². The number of aryl methyl sites for hydroxylation is 1. The average molecular weight is 277 g/mol. The molecule has 0 amide bonds. The van der Waals surface area contributed by atoms with Gasteiger partial charge in [0.05, 0.1) is 0 Å². The summed E-state index contributed by atoms with van der Waals surface area (Å²) in [6, 6.07) is 9.51. The number of nitrogens with two attached hydrogens (primary N) is 1. The molecule has 1 unspecified atom stereocenters. The van der Waals surface area contributed by atoms with Crippen LogP contribution in [0.25, 0.3) is 0 Å². The summed E-state index contributed by atoms with van der Waals surface area (Å²) in [6.07, 6.45) is 4.18. The van der Waals surface area contributed by atoms with E-state index < -0.39 is 0 Å². The molecule has 0 spiro atoms. The third-order valence-electron chi connectivity index (χ3n) is 2.95. The van der Waals surface area contributed by atoms with Crippen LogP contribution < -0.4 is 10.5 Å². The summed E-state index contributed by atoms with van der Waals surface area (Å²) in [5.41, 5.74) is 7.82. The van der Waals surface area contributed by atoms with Gasteiger partial charge in [0.1, 0.15) is 11.9 Å². The van der Waals surface area contributed by atoms with Crippen molar-refractivity contribution in [1.29, 1.82) is 0 Å². The molecule has 1 aromatic carbocycles. The highest BCUT2D eigenvalue weighted by Gasteiger charge is 2.12. The zero-order valence-electron chi connectivity index (χ0n) is 10.8. The monoisotopic (exact) mass is 276 g/mol. The van der Waals surface area contributed by atoms with E-state index in [0.717, 1.165) is 28.3 Å². The fourth-order valence-electron chi connectivity index (χ4n) is 1.88. The van der Waals surface area contributed by atoms with E-state index in [9.17, 15) is 0 Å². The molecule has 1 aromatic heterocycles. The Morgan fingerprint density at radius 3 is 2.84 bits per heavy atom. The lowest BCUT2D eigenvalue weighted by Crippen LogP contribution is -2.18. The first kappa shape index (κ1) is 13.8. The normalized spacial score (nSPS) is 12.2. The van der Waals surface area contributed by atoms with E-state index in [1.54, 1.807) is 12.4 Å². The number of aromatic nitrogens is 1. The number of halogens is 1. The lowest BCUT2D eigenvalue weighted by Gasteiger charge is -2.18. The second kappa shape index (κ2) is 6.55. The first-order chi connectivity index (χ1) is 9.24. The summed E-state index contributed by atoms with van der Waals surface area (Å²) in [5.74, 6) is 0.778. The lowest BCUT2D eigenvalue weighted by molar-refractivity contribution is 0.213. The third-order valence-corrected chi connectivity index (χ3v) is 3.32. The Balaban J connectivity index is 2.19. The lowest BCUT2D eigenvalue weighted by atomic mass is 10.1. The predicted octanol–water partition coefficient (Wildman–Crippen LogP) is 3.38. The molecule has 2 rings (SSSR count). The highest BCUT2D eigenvalue weighted by Crippen LogP contribution is 2.26. The molecular weight excluding hydrogens is 260 g/mol. The van der Waals surface area contributed by atoms with Gasteiger partial charge in [-0.05, 0) is 36.2 Å². The van der Waals surface area contributed by atoms with Gasteiger partial charge in [-0.25, -0.2) is 0 Å². The van der Waals surface area contributed by atoms with Crippen LogP contribution in [0.15, 0.2) is 42.7 Å². The minimum Gasteiger partial charge on any atom is -0.484 e. The fraction of sp³-hybridized carbons (Fsp3) is 0.267. The summed E-state index contributed by atoms with van der Waals surface area (Å²) in [4.78, 5) is 4.09. The molecule has 0 aliphatic carbocycles. The van der Waals surface area contributed by atoms with Gasteiger partial charge in [0.15, 0.2) is 0 Å². The Bertz CT molecular complexity index is 531. The second-order valence-electron chi connectivity index (χ2n) is 4.24. The van der Waals surface area contributed by atoms with E-state index in [2.05, 4.69) is 11.9 Å². The minimum absolute atomic E-state index is 0.195. The van der Waals surface area contributed by atoms with Gasteiger partial charge in [0, 0.05) is 29.5 Å². The molecule has 1 atom stereocenters. The summed E-state index contributed by atoms with van der Waals surface area (Å²) >= 11 is 6.09. The number of hydrogen-bond donors (Lipinski definition) is 1. The summed E-state index contributed by atoms with van der Waals surface area (Å²) in [6.45, 7) is 2.46. The first-order valence-corrected chi connectivity index (χ1v) is 6.67. The van der Waals surface area contributed by atoms with Gasteiger partial charge >= 0.3 is 0 Å². The minimum atomic E-state index is -0.195. The molecule has 0 fully saturated rings. The van der Waals surface area contributed by atoms with Crippen LogP contribution in [-0.4, -0.2) is 11.5 Å². The molecule has 0 aliphatic rings. The quantitative estimate of drug-likeness (QED) is 0.911. The first-order valence-electron chi connectivity index (χ1n) is 6.29. The Hall–Kier alpha value is -1.58. The van der Waals surface area contributed by atoms with Crippen molar-refractivity contribution in [3.05, 3.63) is 58.9 Å². The van der Waals surface area contributed by atoms with Gasteiger partial charge in [0.2, 0.25) is 0 Å². The van der Waals surface area contributed by atoms with E-state index in [-0.39, 0.29) is 6.10 Å². The molecular formula is C15H17ClN2O. The van der Waals surface area contributed by atoms with Crippen molar-refractivity contribution in [2.75, 3.05) is 6.54 Å². The smallest absolute Gasteiger partial charge is 0.137 e. The van der Waals surface area contributed by atoms with Crippen LogP contribution in [0.1, 0.15) is 24.2 Å². The van der Waals surface area contributed by atoms with Gasteiger partial charge < -0.3 is 10.5 Å². The standard InChI is InChI=1S/C15H17ClN2O/c1-2-11-8-13(5-6-14(11)16)19-15(9-17)12-4-3-7-18-10-12/h3-8,10,15H,2,9,17H2,1H3. The van der Waals surface area contributed by atoms with Crippen LogP contribution >= 0.6 is 11.6 Å². The molecule has 1 heterocycles. The van der Waals surface area contributed by atoms with E-state index in [1.165, 1.54) is 0 Å². The maximum atomic E-state index is 6.09. The van der Waals surface area contributed by atoms with Crippen LogP contribution in [0, 0.1) is 0 Å². The molecule has 0 saturated heterocycles. The molecule has 0 saturated carbocycles. The molecule has 0 bridgehead atoms. The van der Waals surface area contributed by atoms with Gasteiger partial charge in [-0.3, -0.25) is 4.98 Å². The van der Waals surface area contributed by atoms with Gasteiger partial charge in [-0.15, -0.1) is 0 Å². The Kier molecular flexibility index (Phi) is 4.77. The molecule has 0 aliphatic heterocycles. The Morgan fingerprint density at radius 1 is 1.37 bits per heavy atom. The largest absolute Gasteiger partial charge is 0.484 e. The van der Waals surface area contributed by atoms with Crippen molar-refractivity contribution < 1.29 is 4.74 Å². The molecule has 2 aromatic rings. The predicted molar refractivity (Wildman–Crippen MR) is 77.5 cm³/mol. The van der Waals surface area contributed by atoms with Crippen molar-refractivity contribution in [1.82, 2.24) is 4.98 Å². The molecule has 0 radical (unpaired) electrons. The second-order valence-corrected chi connectivity index (χ2v) is 4.64. The molecule has 4 heteroatoms. The molecule has 3 nitrogen and oxygen atoms in total. The van der Waals surface area contributed by atoms with Crippen molar-refractivity contribution in [2.24, 2.45) is 5.73 Å². The van der Waals surface area contributed by atoms with Crippen molar-refractivity contribution in [2.45, 2.75) is 19.4 Å². The summed E-state index contributed by atoms with van der Waals surface area (Å²) in [5, 5.41) is 0.764. The topological polar surface area (TPSA) is 48.1 Å². The van der Waals surface area contributed by atoms with Crippen molar-refractivity contribution >= 4 is 11.6 Å². The maximum Gasteiger partial charge on any atom is 0.137 e. The molecule has 100 valence electrons. The fourth-order valence-corrected chi connectivity index (χ4v) is 2.13.